The molecule has 0 radical (unpaired) electrons. The van der Waals surface area contributed by atoms with Gasteiger partial charge in [-0.1, -0.05) is 26.8 Å². The molecule has 0 spiro atoms. The lowest BCUT2D eigenvalue weighted by molar-refractivity contribution is 0.316. The summed E-state index contributed by atoms with van der Waals surface area (Å²) in [5.41, 5.74) is 2.60. The van der Waals surface area contributed by atoms with Crippen molar-refractivity contribution in [3.8, 4) is 6.07 Å². The minimum absolute atomic E-state index is 0.164. The van der Waals surface area contributed by atoms with Gasteiger partial charge >= 0.3 is 0 Å². The summed E-state index contributed by atoms with van der Waals surface area (Å²) in [5.74, 6) is 0. The third-order valence-electron chi connectivity index (χ3n) is 3.17. The normalized spacial score (nSPS) is 11.2. The van der Waals surface area contributed by atoms with Crippen molar-refractivity contribution in [2.75, 3.05) is 6.54 Å². The summed E-state index contributed by atoms with van der Waals surface area (Å²) in [6.07, 6.45) is 4.41. The van der Waals surface area contributed by atoms with E-state index in [1.807, 2.05) is 12.3 Å². The standard InChI is InChI=1S/C15H23N3/c1-4-13-7-5-10-18-14(13)11-17-12-15(2,3)8-6-9-16/h5,7,10,17H,4,6,8,11-12H2,1-3H3. The quantitative estimate of drug-likeness (QED) is 0.803. The van der Waals surface area contributed by atoms with Gasteiger partial charge in [-0.3, -0.25) is 4.98 Å². The zero-order chi connectivity index (χ0) is 13.4. The molecule has 0 saturated heterocycles. The van der Waals surface area contributed by atoms with Gasteiger partial charge in [0.1, 0.15) is 0 Å². The number of hydrogen-bond donors (Lipinski definition) is 1. The number of nitrogens with one attached hydrogen (secondary N) is 1. The zero-order valence-corrected chi connectivity index (χ0v) is 11.7. The van der Waals surface area contributed by atoms with Crippen LogP contribution in [0.25, 0.3) is 0 Å². The lowest BCUT2D eigenvalue weighted by Crippen LogP contribution is -2.29. The second kappa shape index (κ2) is 7.13. The molecule has 0 fully saturated rings. The Morgan fingerprint density at radius 1 is 1.44 bits per heavy atom. The Balaban J connectivity index is 2.44. The first-order valence-corrected chi connectivity index (χ1v) is 6.59. The first kappa shape index (κ1) is 14.7. The van der Waals surface area contributed by atoms with Crippen molar-refractivity contribution in [1.29, 1.82) is 5.26 Å². The van der Waals surface area contributed by atoms with Gasteiger partial charge in [-0.25, -0.2) is 0 Å². The van der Waals surface area contributed by atoms with Crippen molar-refractivity contribution in [2.24, 2.45) is 5.41 Å². The molecule has 1 rings (SSSR count). The van der Waals surface area contributed by atoms with Crippen LogP contribution >= 0.6 is 0 Å². The second-order valence-corrected chi connectivity index (χ2v) is 5.39. The predicted molar refractivity (Wildman–Crippen MR) is 73.9 cm³/mol. The van der Waals surface area contributed by atoms with E-state index in [0.717, 1.165) is 31.6 Å². The third kappa shape index (κ3) is 4.85. The Morgan fingerprint density at radius 3 is 2.89 bits per heavy atom. The molecule has 1 aromatic rings. The van der Waals surface area contributed by atoms with Crippen LogP contribution in [0.15, 0.2) is 18.3 Å². The second-order valence-electron chi connectivity index (χ2n) is 5.39. The van der Waals surface area contributed by atoms with Crippen molar-refractivity contribution in [3.63, 3.8) is 0 Å². The number of nitrogens with zero attached hydrogens (tertiary/aromatic N) is 2. The topological polar surface area (TPSA) is 48.7 Å². The van der Waals surface area contributed by atoms with E-state index in [1.54, 1.807) is 0 Å². The molecule has 0 amide bonds. The minimum atomic E-state index is 0.164. The Labute approximate surface area is 110 Å². The van der Waals surface area contributed by atoms with Crippen molar-refractivity contribution < 1.29 is 0 Å². The maximum absolute atomic E-state index is 8.62. The number of pyridine rings is 1. The average Bonchev–Trinajstić information content (AvgIpc) is 2.37. The van der Waals surface area contributed by atoms with Crippen LogP contribution in [0.3, 0.4) is 0 Å². The number of aryl methyl sites for hydroxylation is 1. The van der Waals surface area contributed by atoms with Crippen LogP contribution in [-0.2, 0) is 13.0 Å². The fourth-order valence-corrected chi connectivity index (χ4v) is 1.95. The van der Waals surface area contributed by atoms with Crippen LogP contribution < -0.4 is 5.32 Å². The molecule has 1 aromatic heterocycles. The Hall–Kier alpha value is -1.40. The van der Waals surface area contributed by atoms with Crippen LogP contribution in [0.4, 0.5) is 0 Å². The summed E-state index contributed by atoms with van der Waals surface area (Å²) in [6, 6.07) is 6.33. The smallest absolute Gasteiger partial charge is 0.0621 e. The molecular weight excluding hydrogens is 222 g/mol. The Kier molecular flexibility index (Phi) is 5.80. The fourth-order valence-electron chi connectivity index (χ4n) is 1.95. The lowest BCUT2D eigenvalue weighted by atomic mass is 9.88. The van der Waals surface area contributed by atoms with Crippen molar-refractivity contribution >= 4 is 0 Å². The van der Waals surface area contributed by atoms with Gasteiger partial charge in [0.15, 0.2) is 0 Å². The number of nitriles is 1. The summed E-state index contributed by atoms with van der Waals surface area (Å²) in [4.78, 5) is 4.42. The highest BCUT2D eigenvalue weighted by atomic mass is 14.9. The molecule has 0 aromatic carbocycles. The fraction of sp³-hybridized carbons (Fsp3) is 0.600. The Bertz CT molecular complexity index is 404. The molecule has 98 valence electrons. The minimum Gasteiger partial charge on any atom is -0.311 e. The van der Waals surface area contributed by atoms with E-state index < -0.39 is 0 Å². The molecule has 1 heterocycles. The molecule has 0 bridgehead atoms. The van der Waals surface area contributed by atoms with Gasteiger partial charge in [-0.2, -0.15) is 5.26 Å². The molecule has 0 unspecified atom stereocenters. The highest BCUT2D eigenvalue weighted by Gasteiger charge is 2.16. The zero-order valence-electron chi connectivity index (χ0n) is 11.7. The molecule has 18 heavy (non-hydrogen) atoms. The molecule has 0 atom stereocenters. The van der Waals surface area contributed by atoms with Crippen molar-refractivity contribution in [3.05, 3.63) is 29.6 Å². The largest absolute Gasteiger partial charge is 0.311 e. The maximum Gasteiger partial charge on any atom is 0.0621 e. The molecular formula is C15H23N3. The van der Waals surface area contributed by atoms with E-state index in [9.17, 15) is 0 Å². The van der Waals surface area contributed by atoms with E-state index in [2.05, 4.69) is 43.2 Å². The van der Waals surface area contributed by atoms with Gasteiger partial charge < -0.3 is 5.32 Å². The summed E-state index contributed by atoms with van der Waals surface area (Å²) in [5, 5.41) is 12.1. The van der Waals surface area contributed by atoms with Gasteiger partial charge in [0.2, 0.25) is 0 Å². The van der Waals surface area contributed by atoms with E-state index in [-0.39, 0.29) is 5.41 Å². The summed E-state index contributed by atoms with van der Waals surface area (Å²) in [6.45, 7) is 8.25. The van der Waals surface area contributed by atoms with Crippen molar-refractivity contribution in [1.82, 2.24) is 10.3 Å². The molecule has 0 aliphatic heterocycles. The first-order valence-electron chi connectivity index (χ1n) is 6.59. The van der Waals surface area contributed by atoms with Gasteiger partial charge in [-0.05, 0) is 29.9 Å². The van der Waals surface area contributed by atoms with Crippen molar-refractivity contribution in [2.45, 2.75) is 46.6 Å². The predicted octanol–water partition coefficient (Wildman–Crippen LogP) is 3.06. The van der Waals surface area contributed by atoms with Gasteiger partial charge in [0.05, 0.1) is 11.8 Å². The monoisotopic (exact) mass is 245 g/mol. The highest BCUT2D eigenvalue weighted by molar-refractivity contribution is 5.19. The molecule has 3 heteroatoms. The molecule has 0 saturated carbocycles. The van der Waals surface area contributed by atoms with Crippen LogP contribution in [0, 0.1) is 16.7 Å². The molecule has 0 aliphatic rings. The van der Waals surface area contributed by atoms with Crippen LogP contribution in [0.2, 0.25) is 0 Å². The summed E-state index contributed by atoms with van der Waals surface area (Å²) in [7, 11) is 0. The van der Waals surface area contributed by atoms with Crippen LogP contribution in [-0.4, -0.2) is 11.5 Å². The van der Waals surface area contributed by atoms with Gasteiger partial charge in [0.25, 0.3) is 0 Å². The van der Waals surface area contributed by atoms with Crippen LogP contribution in [0.1, 0.15) is 44.9 Å². The third-order valence-corrected chi connectivity index (χ3v) is 3.17. The SMILES string of the molecule is CCc1cccnc1CNCC(C)(C)CCC#N. The molecule has 1 N–H and O–H groups in total. The number of aromatic nitrogens is 1. The van der Waals surface area contributed by atoms with E-state index in [0.29, 0.717) is 6.42 Å². The van der Waals surface area contributed by atoms with Gasteiger partial charge in [0, 0.05) is 25.7 Å². The van der Waals surface area contributed by atoms with Gasteiger partial charge in [-0.15, -0.1) is 0 Å². The summed E-state index contributed by atoms with van der Waals surface area (Å²) < 4.78 is 0. The van der Waals surface area contributed by atoms with E-state index in [4.69, 9.17) is 5.26 Å². The number of rotatable bonds is 7. The highest BCUT2D eigenvalue weighted by Crippen LogP contribution is 2.20. The van der Waals surface area contributed by atoms with E-state index in [1.165, 1.54) is 5.56 Å². The average molecular weight is 245 g/mol. The van der Waals surface area contributed by atoms with Crippen LogP contribution in [0.5, 0.6) is 0 Å². The Morgan fingerprint density at radius 2 is 2.22 bits per heavy atom. The van der Waals surface area contributed by atoms with E-state index >= 15 is 0 Å². The molecule has 3 nitrogen and oxygen atoms in total. The first-order chi connectivity index (χ1) is 8.59. The lowest BCUT2D eigenvalue weighted by Gasteiger charge is -2.24. The summed E-state index contributed by atoms with van der Waals surface area (Å²) >= 11 is 0. The molecule has 0 aliphatic carbocycles. The maximum atomic E-state index is 8.62. The number of hydrogen-bond acceptors (Lipinski definition) is 3.